The molecule has 0 heterocycles. The number of carbonyl (C=O) groups is 1. The Kier molecular flexibility index (Phi) is 5.21. The smallest absolute Gasteiger partial charge is 0.304 e. The Labute approximate surface area is 55.1 Å². The molecule has 3 nitrogen and oxygen atoms in total. The molecule has 0 fully saturated rings. The van der Waals surface area contributed by atoms with Gasteiger partial charge in [0.2, 0.25) is 0 Å². The van der Waals surface area contributed by atoms with Crippen LogP contribution >= 0.6 is 0 Å². The van der Waals surface area contributed by atoms with Crippen molar-refractivity contribution in [3.8, 4) is 0 Å². The topological polar surface area (TPSA) is 51.4 Å². The van der Waals surface area contributed by atoms with Crippen LogP contribution in [0.3, 0.4) is 0 Å². The van der Waals surface area contributed by atoms with Crippen molar-refractivity contribution < 1.29 is 9.90 Å². The molecule has 53 valence electrons. The van der Waals surface area contributed by atoms with Crippen LogP contribution < -0.4 is 5.32 Å². The molecule has 0 saturated carbocycles. The minimum absolute atomic E-state index is 0.167. The molecular formula is C6H12NO2. The van der Waals surface area contributed by atoms with Gasteiger partial charge >= 0.3 is 5.97 Å². The molecule has 0 aliphatic rings. The lowest BCUT2D eigenvalue weighted by Crippen LogP contribution is -2.11. The van der Waals surface area contributed by atoms with Crippen LogP contribution in [-0.4, -0.2) is 24.2 Å². The predicted molar refractivity (Wildman–Crippen MR) is 34.4 cm³/mol. The van der Waals surface area contributed by atoms with Gasteiger partial charge < -0.3 is 5.11 Å². The van der Waals surface area contributed by atoms with Gasteiger partial charge in [-0.2, -0.15) is 0 Å². The van der Waals surface area contributed by atoms with E-state index in [2.05, 4.69) is 5.32 Å². The molecular weight excluding hydrogens is 118 g/mol. The molecule has 0 aromatic heterocycles. The Bertz CT molecular complexity index is 83.1. The summed E-state index contributed by atoms with van der Waals surface area (Å²) in [4.78, 5) is 9.90. The number of hydrogen-bond acceptors (Lipinski definition) is 1. The molecule has 0 bridgehead atoms. The van der Waals surface area contributed by atoms with Crippen molar-refractivity contribution >= 4 is 5.97 Å². The average molecular weight is 130 g/mol. The number of hydrogen-bond donors (Lipinski definition) is 1. The third kappa shape index (κ3) is 7.43. The van der Waals surface area contributed by atoms with E-state index in [0.29, 0.717) is 6.54 Å². The molecule has 1 N–H and O–H groups in total. The highest BCUT2D eigenvalue weighted by molar-refractivity contribution is 5.66. The van der Waals surface area contributed by atoms with Crippen molar-refractivity contribution in [1.29, 1.82) is 0 Å². The maximum absolute atomic E-state index is 9.90. The van der Waals surface area contributed by atoms with Gasteiger partial charge in [-0.05, 0) is 6.42 Å². The Hall–Kier alpha value is -0.570. The molecule has 0 atom stereocenters. The number of rotatable bonds is 5. The van der Waals surface area contributed by atoms with Crippen molar-refractivity contribution in [1.82, 2.24) is 5.32 Å². The van der Waals surface area contributed by atoms with Crippen molar-refractivity contribution in [2.45, 2.75) is 19.8 Å². The zero-order valence-electron chi connectivity index (χ0n) is 5.63. The molecule has 0 spiro atoms. The molecule has 0 aliphatic heterocycles. The maximum atomic E-state index is 9.90. The van der Waals surface area contributed by atoms with Crippen LogP contribution in [0.15, 0.2) is 0 Å². The third-order valence-corrected chi connectivity index (χ3v) is 0.866. The fourth-order valence-corrected chi connectivity index (χ4v) is 0.445. The summed E-state index contributed by atoms with van der Waals surface area (Å²) in [7, 11) is 0. The SMILES string of the molecule is CCC[N]CCC(=O)O. The Morgan fingerprint density at radius 2 is 2.22 bits per heavy atom. The van der Waals surface area contributed by atoms with E-state index in [9.17, 15) is 4.79 Å². The van der Waals surface area contributed by atoms with Crippen LogP contribution in [-0.2, 0) is 4.79 Å². The quantitative estimate of drug-likeness (QED) is 0.550. The number of carboxylic acids is 1. The van der Waals surface area contributed by atoms with E-state index in [4.69, 9.17) is 5.11 Å². The highest BCUT2D eigenvalue weighted by Crippen LogP contribution is 1.78. The van der Waals surface area contributed by atoms with E-state index in [1.54, 1.807) is 0 Å². The molecule has 0 saturated heterocycles. The number of nitrogens with zero attached hydrogens (tertiary/aromatic N) is 1. The van der Waals surface area contributed by atoms with Gasteiger partial charge in [-0.15, -0.1) is 0 Å². The molecule has 3 heteroatoms. The van der Waals surface area contributed by atoms with Crippen molar-refractivity contribution in [2.24, 2.45) is 0 Å². The summed E-state index contributed by atoms with van der Waals surface area (Å²) in [5.74, 6) is -0.769. The van der Waals surface area contributed by atoms with E-state index in [0.717, 1.165) is 13.0 Å². The van der Waals surface area contributed by atoms with E-state index in [1.807, 2.05) is 6.92 Å². The first-order chi connectivity index (χ1) is 4.27. The minimum atomic E-state index is -0.769. The fourth-order valence-electron chi connectivity index (χ4n) is 0.445. The van der Waals surface area contributed by atoms with Crippen LogP contribution in [0.25, 0.3) is 0 Å². The zero-order valence-corrected chi connectivity index (χ0v) is 5.63. The third-order valence-electron chi connectivity index (χ3n) is 0.866. The summed E-state index contributed by atoms with van der Waals surface area (Å²) in [5, 5.41) is 12.1. The second kappa shape index (κ2) is 5.56. The monoisotopic (exact) mass is 130 g/mol. The first-order valence-corrected chi connectivity index (χ1v) is 3.12. The van der Waals surface area contributed by atoms with Gasteiger partial charge in [0.1, 0.15) is 0 Å². The van der Waals surface area contributed by atoms with E-state index in [-0.39, 0.29) is 6.42 Å². The summed E-state index contributed by atoms with van der Waals surface area (Å²) >= 11 is 0. The van der Waals surface area contributed by atoms with Crippen molar-refractivity contribution in [3.63, 3.8) is 0 Å². The molecule has 0 aromatic rings. The van der Waals surface area contributed by atoms with Crippen LogP contribution in [0.2, 0.25) is 0 Å². The lowest BCUT2D eigenvalue weighted by molar-refractivity contribution is -0.136. The Morgan fingerprint density at radius 1 is 1.56 bits per heavy atom. The molecule has 0 amide bonds. The first kappa shape index (κ1) is 8.43. The van der Waals surface area contributed by atoms with Crippen LogP contribution in [0.1, 0.15) is 19.8 Å². The van der Waals surface area contributed by atoms with Crippen LogP contribution in [0.4, 0.5) is 0 Å². The summed E-state index contributed by atoms with van der Waals surface area (Å²) in [6.45, 7) is 3.26. The summed E-state index contributed by atoms with van der Waals surface area (Å²) in [5.41, 5.74) is 0. The Balaban J connectivity index is 2.83. The summed E-state index contributed by atoms with van der Waals surface area (Å²) in [6, 6.07) is 0. The second-order valence-corrected chi connectivity index (χ2v) is 1.81. The predicted octanol–water partition coefficient (Wildman–Crippen LogP) is 0.475. The lowest BCUT2D eigenvalue weighted by atomic mass is 10.4. The van der Waals surface area contributed by atoms with Gasteiger partial charge in [0.25, 0.3) is 0 Å². The van der Waals surface area contributed by atoms with E-state index < -0.39 is 5.97 Å². The summed E-state index contributed by atoms with van der Waals surface area (Å²) < 4.78 is 0. The van der Waals surface area contributed by atoms with Gasteiger partial charge in [-0.25, -0.2) is 5.32 Å². The number of aliphatic carboxylic acids is 1. The van der Waals surface area contributed by atoms with E-state index in [1.165, 1.54) is 0 Å². The lowest BCUT2D eigenvalue weighted by Gasteiger charge is -1.94. The Morgan fingerprint density at radius 3 is 2.67 bits per heavy atom. The molecule has 1 radical (unpaired) electrons. The zero-order chi connectivity index (χ0) is 7.11. The van der Waals surface area contributed by atoms with Crippen molar-refractivity contribution in [2.75, 3.05) is 13.1 Å². The van der Waals surface area contributed by atoms with E-state index >= 15 is 0 Å². The van der Waals surface area contributed by atoms with Gasteiger partial charge in [0.15, 0.2) is 0 Å². The van der Waals surface area contributed by atoms with Gasteiger partial charge in [-0.3, -0.25) is 4.79 Å². The highest BCUT2D eigenvalue weighted by Gasteiger charge is 1.93. The molecule has 0 rings (SSSR count). The highest BCUT2D eigenvalue weighted by atomic mass is 16.4. The minimum Gasteiger partial charge on any atom is -0.481 e. The standard InChI is InChI=1S/C6H12NO2/c1-2-4-7-5-3-6(8)9/h2-5H2,1H3,(H,8,9). The molecule has 0 aromatic carbocycles. The summed E-state index contributed by atoms with van der Waals surface area (Å²) in [6.07, 6.45) is 1.17. The second-order valence-electron chi connectivity index (χ2n) is 1.81. The van der Waals surface area contributed by atoms with Gasteiger partial charge in [-0.1, -0.05) is 6.92 Å². The largest absolute Gasteiger partial charge is 0.481 e. The first-order valence-electron chi connectivity index (χ1n) is 3.12. The normalized spacial score (nSPS) is 9.44. The van der Waals surface area contributed by atoms with Crippen molar-refractivity contribution in [3.05, 3.63) is 0 Å². The van der Waals surface area contributed by atoms with Crippen LogP contribution in [0.5, 0.6) is 0 Å². The van der Waals surface area contributed by atoms with Crippen LogP contribution in [0, 0.1) is 0 Å². The van der Waals surface area contributed by atoms with Gasteiger partial charge in [0.05, 0.1) is 6.42 Å². The molecule has 0 aliphatic carbocycles. The average Bonchev–Trinajstić information content (AvgIpc) is 1.80. The molecule has 9 heavy (non-hydrogen) atoms. The number of carboxylic acid groups (broad SMARTS) is 1. The van der Waals surface area contributed by atoms with Gasteiger partial charge in [0, 0.05) is 13.1 Å². The fraction of sp³-hybridized carbons (Fsp3) is 0.833. The molecule has 0 unspecified atom stereocenters. The maximum Gasteiger partial charge on any atom is 0.304 e.